The minimum absolute atomic E-state index is 0.0262. The van der Waals surface area contributed by atoms with Crippen LogP contribution in [0.25, 0.3) is 0 Å². The van der Waals surface area contributed by atoms with E-state index in [1.54, 1.807) is 0 Å². The third-order valence-corrected chi connectivity index (χ3v) is 4.78. The number of nitrogens with one attached hydrogen (secondary N) is 1. The van der Waals surface area contributed by atoms with Crippen LogP contribution in [0.15, 0.2) is 48.5 Å². The van der Waals surface area contributed by atoms with Gasteiger partial charge in [0.25, 0.3) is 0 Å². The molecule has 1 aliphatic rings. The zero-order chi connectivity index (χ0) is 17.8. The third kappa shape index (κ3) is 4.04. The monoisotopic (exact) mass is 345 g/mol. The molecule has 1 aliphatic carbocycles. The van der Waals surface area contributed by atoms with Crippen molar-refractivity contribution in [3.8, 4) is 0 Å². The first-order valence-electron chi connectivity index (χ1n) is 8.49. The lowest BCUT2D eigenvalue weighted by atomic mass is 9.96. The van der Waals surface area contributed by atoms with E-state index in [2.05, 4.69) is 5.32 Å². The summed E-state index contributed by atoms with van der Waals surface area (Å²) in [5, 5.41) is 12.1. The molecule has 0 bridgehead atoms. The predicted octanol–water partition coefficient (Wildman–Crippen LogP) is 3.35. The number of carbonyl (C=O) groups excluding carboxylic acids is 1. The molecule has 0 spiro atoms. The standard InChI is InChI=1S/C20H21F2NO2/c21-18-8-4-7-15(19(18)22)16-11-17(16)20(25)23-12-14(9-10-24)13-5-2-1-3-6-13/h1-8,14,16-17,24H,9-12H2,(H,23,25). The molecule has 0 radical (unpaired) electrons. The number of rotatable bonds is 7. The number of hydrogen-bond donors (Lipinski definition) is 2. The second-order valence-electron chi connectivity index (χ2n) is 6.46. The van der Waals surface area contributed by atoms with Crippen molar-refractivity contribution in [3.05, 3.63) is 71.3 Å². The van der Waals surface area contributed by atoms with Gasteiger partial charge in [0.1, 0.15) is 0 Å². The smallest absolute Gasteiger partial charge is 0.223 e. The lowest BCUT2D eigenvalue weighted by Gasteiger charge is -2.17. The van der Waals surface area contributed by atoms with Crippen LogP contribution in [0.4, 0.5) is 8.78 Å². The number of amides is 1. The average molecular weight is 345 g/mol. The molecule has 0 aromatic heterocycles. The van der Waals surface area contributed by atoms with Gasteiger partial charge in [0.2, 0.25) is 5.91 Å². The quantitative estimate of drug-likeness (QED) is 0.808. The first-order valence-corrected chi connectivity index (χ1v) is 8.49. The Hall–Kier alpha value is -2.27. The molecule has 25 heavy (non-hydrogen) atoms. The van der Waals surface area contributed by atoms with Gasteiger partial charge in [0.05, 0.1) is 0 Å². The van der Waals surface area contributed by atoms with Crippen molar-refractivity contribution in [2.75, 3.05) is 13.2 Å². The van der Waals surface area contributed by atoms with Crippen LogP contribution < -0.4 is 5.32 Å². The Morgan fingerprint density at radius 3 is 2.64 bits per heavy atom. The minimum atomic E-state index is -0.879. The Kier molecular flexibility index (Phi) is 5.43. The Bertz CT molecular complexity index is 736. The molecule has 2 aromatic rings. The summed E-state index contributed by atoms with van der Waals surface area (Å²) in [6, 6.07) is 13.8. The molecule has 1 saturated carbocycles. The Morgan fingerprint density at radius 1 is 1.16 bits per heavy atom. The summed E-state index contributed by atoms with van der Waals surface area (Å²) in [6.45, 7) is 0.453. The second-order valence-corrected chi connectivity index (χ2v) is 6.46. The number of carbonyl (C=O) groups is 1. The van der Waals surface area contributed by atoms with Gasteiger partial charge in [0.15, 0.2) is 11.6 Å². The fraction of sp³-hybridized carbons (Fsp3) is 0.350. The van der Waals surface area contributed by atoms with E-state index in [1.807, 2.05) is 30.3 Å². The van der Waals surface area contributed by atoms with Crippen molar-refractivity contribution >= 4 is 5.91 Å². The SMILES string of the molecule is O=C(NCC(CCO)c1ccccc1)C1CC1c1cccc(F)c1F. The summed E-state index contributed by atoms with van der Waals surface area (Å²) in [7, 11) is 0. The molecule has 0 heterocycles. The lowest BCUT2D eigenvalue weighted by molar-refractivity contribution is -0.122. The van der Waals surface area contributed by atoms with E-state index in [9.17, 15) is 18.7 Å². The Labute approximate surface area is 145 Å². The fourth-order valence-corrected chi connectivity index (χ4v) is 3.26. The molecular formula is C20H21F2NO2. The molecule has 1 fully saturated rings. The van der Waals surface area contributed by atoms with Crippen LogP contribution in [0.3, 0.4) is 0 Å². The van der Waals surface area contributed by atoms with Gasteiger partial charge in [0, 0.05) is 25.0 Å². The van der Waals surface area contributed by atoms with Gasteiger partial charge in [-0.2, -0.15) is 0 Å². The molecule has 2 N–H and O–H groups in total. The van der Waals surface area contributed by atoms with Gasteiger partial charge in [-0.25, -0.2) is 8.78 Å². The number of aliphatic hydroxyl groups excluding tert-OH is 1. The van der Waals surface area contributed by atoms with E-state index < -0.39 is 11.6 Å². The highest BCUT2D eigenvalue weighted by Gasteiger charge is 2.45. The maximum Gasteiger partial charge on any atom is 0.223 e. The van der Waals surface area contributed by atoms with Crippen LogP contribution in [0.2, 0.25) is 0 Å². The molecule has 1 amide bonds. The summed E-state index contributed by atoms with van der Waals surface area (Å²) < 4.78 is 27.2. The van der Waals surface area contributed by atoms with Gasteiger partial charge in [-0.05, 0) is 36.0 Å². The van der Waals surface area contributed by atoms with E-state index >= 15 is 0 Å². The van der Waals surface area contributed by atoms with E-state index in [1.165, 1.54) is 12.1 Å². The number of hydrogen-bond acceptors (Lipinski definition) is 2. The Balaban J connectivity index is 1.59. The van der Waals surface area contributed by atoms with Gasteiger partial charge >= 0.3 is 0 Å². The molecule has 132 valence electrons. The second kappa shape index (κ2) is 7.74. The summed E-state index contributed by atoms with van der Waals surface area (Å²) >= 11 is 0. The highest BCUT2D eigenvalue weighted by atomic mass is 19.2. The Morgan fingerprint density at radius 2 is 1.92 bits per heavy atom. The maximum atomic E-state index is 13.8. The average Bonchev–Trinajstić information content (AvgIpc) is 3.42. The number of benzene rings is 2. The fourth-order valence-electron chi connectivity index (χ4n) is 3.26. The van der Waals surface area contributed by atoms with Crippen LogP contribution in [0.5, 0.6) is 0 Å². The molecular weight excluding hydrogens is 324 g/mol. The molecule has 3 atom stereocenters. The van der Waals surface area contributed by atoms with Crippen LogP contribution in [0, 0.1) is 17.6 Å². The summed E-state index contributed by atoms with van der Waals surface area (Å²) in [5.74, 6) is -2.43. The van der Waals surface area contributed by atoms with E-state index in [4.69, 9.17) is 0 Å². The van der Waals surface area contributed by atoms with E-state index in [0.29, 0.717) is 19.4 Å². The van der Waals surface area contributed by atoms with E-state index in [0.717, 1.165) is 11.6 Å². The van der Waals surface area contributed by atoms with E-state index in [-0.39, 0.29) is 35.8 Å². The summed E-state index contributed by atoms with van der Waals surface area (Å²) in [4.78, 5) is 12.3. The first-order chi connectivity index (χ1) is 12.1. The van der Waals surface area contributed by atoms with Gasteiger partial charge in [-0.15, -0.1) is 0 Å². The van der Waals surface area contributed by atoms with Crippen molar-refractivity contribution in [2.24, 2.45) is 5.92 Å². The van der Waals surface area contributed by atoms with Crippen LogP contribution in [0.1, 0.15) is 35.8 Å². The minimum Gasteiger partial charge on any atom is -0.396 e. The van der Waals surface area contributed by atoms with Crippen molar-refractivity contribution in [1.29, 1.82) is 0 Å². The zero-order valence-corrected chi connectivity index (χ0v) is 13.8. The maximum absolute atomic E-state index is 13.8. The number of halogens is 2. The highest BCUT2D eigenvalue weighted by molar-refractivity contribution is 5.83. The van der Waals surface area contributed by atoms with Gasteiger partial charge in [-0.3, -0.25) is 4.79 Å². The predicted molar refractivity (Wildman–Crippen MR) is 91.1 cm³/mol. The molecule has 0 aliphatic heterocycles. The van der Waals surface area contributed by atoms with Crippen molar-refractivity contribution in [1.82, 2.24) is 5.32 Å². The molecule has 3 nitrogen and oxygen atoms in total. The molecule has 3 rings (SSSR count). The van der Waals surface area contributed by atoms with Crippen molar-refractivity contribution < 1.29 is 18.7 Å². The zero-order valence-electron chi connectivity index (χ0n) is 13.8. The largest absolute Gasteiger partial charge is 0.396 e. The van der Waals surface area contributed by atoms with Crippen LogP contribution >= 0.6 is 0 Å². The lowest BCUT2D eigenvalue weighted by Crippen LogP contribution is -2.30. The summed E-state index contributed by atoms with van der Waals surface area (Å²) in [5.41, 5.74) is 1.33. The number of aliphatic hydroxyl groups is 1. The topological polar surface area (TPSA) is 49.3 Å². The third-order valence-electron chi connectivity index (χ3n) is 4.78. The van der Waals surface area contributed by atoms with Gasteiger partial charge in [-0.1, -0.05) is 42.5 Å². The molecule has 2 aromatic carbocycles. The van der Waals surface area contributed by atoms with Crippen LogP contribution in [-0.4, -0.2) is 24.2 Å². The normalized spacial score (nSPS) is 20.1. The summed E-state index contributed by atoms with van der Waals surface area (Å²) in [6.07, 6.45) is 1.08. The van der Waals surface area contributed by atoms with Crippen molar-refractivity contribution in [2.45, 2.75) is 24.7 Å². The highest BCUT2D eigenvalue weighted by Crippen LogP contribution is 2.48. The van der Waals surface area contributed by atoms with Crippen LogP contribution in [-0.2, 0) is 4.79 Å². The van der Waals surface area contributed by atoms with Gasteiger partial charge < -0.3 is 10.4 Å². The molecule has 3 unspecified atom stereocenters. The molecule has 0 saturated heterocycles. The van der Waals surface area contributed by atoms with Crippen molar-refractivity contribution in [3.63, 3.8) is 0 Å². The molecule has 5 heteroatoms. The first kappa shape index (κ1) is 17.5.